The third kappa shape index (κ3) is 5.03. The summed E-state index contributed by atoms with van der Waals surface area (Å²) in [4.78, 5) is 26.6. The van der Waals surface area contributed by atoms with Crippen molar-refractivity contribution in [3.05, 3.63) is 58.6 Å². The maximum absolute atomic E-state index is 13.9. The predicted molar refractivity (Wildman–Crippen MR) is 106 cm³/mol. The number of piperidine rings is 1. The van der Waals surface area contributed by atoms with E-state index in [2.05, 4.69) is 5.32 Å². The van der Waals surface area contributed by atoms with Gasteiger partial charge in [-0.3, -0.25) is 9.59 Å². The van der Waals surface area contributed by atoms with E-state index in [0.29, 0.717) is 55.1 Å². The van der Waals surface area contributed by atoms with Crippen LogP contribution in [0, 0.1) is 17.6 Å². The number of halogens is 3. The first kappa shape index (κ1) is 21.0. The molecule has 2 aromatic rings. The van der Waals surface area contributed by atoms with Crippen LogP contribution in [-0.4, -0.2) is 36.4 Å². The van der Waals surface area contributed by atoms with Gasteiger partial charge in [-0.2, -0.15) is 0 Å². The fourth-order valence-electron chi connectivity index (χ4n) is 3.29. The first-order valence-electron chi connectivity index (χ1n) is 9.36. The Balaban J connectivity index is 1.61. The molecule has 0 aliphatic carbocycles. The summed E-state index contributed by atoms with van der Waals surface area (Å²) >= 11 is 6.02. The van der Waals surface area contributed by atoms with E-state index in [9.17, 15) is 18.4 Å². The van der Waals surface area contributed by atoms with Gasteiger partial charge in [-0.25, -0.2) is 8.78 Å². The molecule has 0 spiro atoms. The van der Waals surface area contributed by atoms with E-state index in [-0.39, 0.29) is 17.4 Å². The number of nitrogens with zero attached hydrogens (tertiary/aromatic N) is 1. The summed E-state index contributed by atoms with van der Waals surface area (Å²) < 4.78 is 32.4. The number of hydrogen-bond acceptors (Lipinski definition) is 3. The molecule has 0 saturated carbocycles. The number of carbonyl (C=O) groups excluding carboxylic acids is 2. The Kier molecular flexibility index (Phi) is 6.69. The van der Waals surface area contributed by atoms with Crippen molar-refractivity contribution in [2.75, 3.05) is 25.0 Å². The minimum Gasteiger partial charge on any atom is -0.492 e. The molecule has 0 aromatic heterocycles. The molecule has 1 aliphatic rings. The first-order valence-corrected chi connectivity index (χ1v) is 9.74. The Morgan fingerprint density at radius 2 is 1.90 bits per heavy atom. The van der Waals surface area contributed by atoms with Gasteiger partial charge in [0.1, 0.15) is 17.4 Å². The molecule has 2 amide bonds. The SMILES string of the molecule is CCOc1ccc(Cl)cc1NC(=O)C1CCN(C(=O)c2ccc(F)cc2F)CC1. The van der Waals surface area contributed by atoms with Gasteiger partial charge >= 0.3 is 0 Å². The van der Waals surface area contributed by atoms with Gasteiger partial charge in [-0.05, 0) is 50.1 Å². The number of rotatable bonds is 5. The van der Waals surface area contributed by atoms with Crippen LogP contribution in [0.4, 0.5) is 14.5 Å². The van der Waals surface area contributed by atoms with Crippen LogP contribution < -0.4 is 10.1 Å². The minimum atomic E-state index is -0.890. The Hall–Kier alpha value is -2.67. The fraction of sp³-hybridized carbons (Fsp3) is 0.333. The number of benzene rings is 2. The molecule has 0 radical (unpaired) electrons. The summed E-state index contributed by atoms with van der Waals surface area (Å²) in [6.07, 6.45) is 0.871. The average Bonchev–Trinajstić information content (AvgIpc) is 2.70. The van der Waals surface area contributed by atoms with E-state index < -0.39 is 17.5 Å². The zero-order valence-corrected chi connectivity index (χ0v) is 16.6. The van der Waals surface area contributed by atoms with Gasteiger partial charge in [0, 0.05) is 30.1 Å². The number of amides is 2. The first-order chi connectivity index (χ1) is 13.9. The van der Waals surface area contributed by atoms with Crippen LogP contribution in [0.1, 0.15) is 30.1 Å². The van der Waals surface area contributed by atoms with Crippen molar-refractivity contribution in [3.63, 3.8) is 0 Å². The highest BCUT2D eigenvalue weighted by Gasteiger charge is 2.29. The van der Waals surface area contributed by atoms with Crippen molar-refractivity contribution in [1.29, 1.82) is 0 Å². The molecule has 8 heteroatoms. The van der Waals surface area contributed by atoms with Gasteiger partial charge in [0.05, 0.1) is 17.9 Å². The lowest BCUT2D eigenvalue weighted by molar-refractivity contribution is -0.121. The van der Waals surface area contributed by atoms with E-state index in [1.807, 2.05) is 6.92 Å². The monoisotopic (exact) mass is 422 g/mol. The summed E-state index contributed by atoms with van der Waals surface area (Å²) in [5.74, 6) is -2.08. The van der Waals surface area contributed by atoms with Crippen LogP contribution in [0.5, 0.6) is 5.75 Å². The van der Waals surface area contributed by atoms with Crippen molar-refractivity contribution >= 4 is 29.1 Å². The Morgan fingerprint density at radius 3 is 2.55 bits per heavy atom. The number of nitrogens with one attached hydrogen (secondary N) is 1. The van der Waals surface area contributed by atoms with Gasteiger partial charge in [-0.1, -0.05) is 11.6 Å². The van der Waals surface area contributed by atoms with E-state index in [1.165, 1.54) is 4.90 Å². The molecule has 0 atom stereocenters. The van der Waals surface area contributed by atoms with Crippen LogP contribution in [0.15, 0.2) is 36.4 Å². The van der Waals surface area contributed by atoms with E-state index in [1.54, 1.807) is 18.2 Å². The lowest BCUT2D eigenvalue weighted by atomic mass is 9.95. The summed E-state index contributed by atoms with van der Waals surface area (Å²) in [5, 5.41) is 3.32. The zero-order valence-electron chi connectivity index (χ0n) is 15.9. The predicted octanol–water partition coefficient (Wildman–Crippen LogP) is 4.51. The number of carbonyl (C=O) groups is 2. The molecule has 3 rings (SSSR count). The van der Waals surface area contributed by atoms with Gasteiger partial charge in [0.2, 0.25) is 5.91 Å². The molecule has 1 aliphatic heterocycles. The molecule has 29 heavy (non-hydrogen) atoms. The van der Waals surface area contributed by atoms with Crippen LogP contribution in [0.3, 0.4) is 0 Å². The second-order valence-electron chi connectivity index (χ2n) is 6.75. The number of hydrogen-bond donors (Lipinski definition) is 1. The van der Waals surface area contributed by atoms with Crippen molar-refractivity contribution in [2.45, 2.75) is 19.8 Å². The van der Waals surface area contributed by atoms with Gasteiger partial charge < -0.3 is 15.0 Å². The van der Waals surface area contributed by atoms with Crippen molar-refractivity contribution in [2.24, 2.45) is 5.92 Å². The highest BCUT2D eigenvalue weighted by Crippen LogP contribution is 2.30. The molecule has 1 saturated heterocycles. The standard InChI is InChI=1S/C21H21ClF2N2O3/c1-2-29-19-6-3-14(22)11-18(19)25-20(27)13-7-9-26(10-8-13)21(28)16-5-4-15(23)12-17(16)24/h3-6,11-13H,2,7-10H2,1H3,(H,25,27). The molecule has 1 N–H and O–H groups in total. The third-order valence-corrected chi connectivity index (χ3v) is 5.05. The maximum Gasteiger partial charge on any atom is 0.256 e. The lowest BCUT2D eigenvalue weighted by Gasteiger charge is -2.31. The summed E-state index contributed by atoms with van der Waals surface area (Å²) in [6, 6.07) is 7.88. The molecule has 1 heterocycles. The molecule has 5 nitrogen and oxygen atoms in total. The second-order valence-corrected chi connectivity index (χ2v) is 7.19. The smallest absolute Gasteiger partial charge is 0.256 e. The van der Waals surface area contributed by atoms with Gasteiger partial charge in [-0.15, -0.1) is 0 Å². The molecule has 0 bridgehead atoms. The summed E-state index contributed by atoms with van der Waals surface area (Å²) in [7, 11) is 0. The number of anilines is 1. The van der Waals surface area contributed by atoms with E-state index in [0.717, 1.165) is 12.1 Å². The Bertz CT molecular complexity index is 915. The van der Waals surface area contributed by atoms with E-state index >= 15 is 0 Å². The molecule has 2 aromatic carbocycles. The van der Waals surface area contributed by atoms with Crippen LogP contribution in [0.25, 0.3) is 0 Å². The normalized spacial score (nSPS) is 14.6. The summed E-state index contributed by atoms with van der Waals surface area (Å²) in [5.41, 5.74) is 0.325. The summed E-state index contributed by atoms with van der Waals surface area (Å²) in [6.45, 7) is 2.91. The number of likely N-dealkylation sites (tertiary alicyclic amines) is 1. The Morgan fingerprint density at radius 1 is 1.17 bits per heavy atom. The molecule has 1 fully saturated rings. The van der Waals surface area contributed by atoms with Crippen LogP contribution in [0.2, 0.25) is 5.02 Å². The third-order valence-electron chi connectivity index (χ3n) is 4.81. The highest BCUT2D eigenvalue weighted by atomic mass is 35.5. The average molecular weight is 423 g/mol. The van der Waals surface area contributed by atoms with Crippen molar-refractivity contribution < 1.29 is 23.1 Å². The topological polar surface area (TPSA) is 58.6 Å². The number of ether oxygens (including phenoxy) is 1. The minimum absolute atomic E-state index is 0.172. The van der Waals surface area contributed by atoms with Crippen molar-refractivity contribution in [3.8, 4) is 5.75 Å². The molecular weight excluding hydrogens is 402 g/mol. The quantitative estimate of drug-likeness (QED) is 0.771. The Labute approximate surface area is 172 Å². The van der Waals surface area contributed by atoms with Crippen molar-refractivity contribution in [1.82, 2.24) is 4.90 Å². The van der Waals surface area contributed by atoms with Gasteiger partial charge in [0.25, 0.3) is 5.91 Å². The fourth-order valence-corrected chi connectivity index (χ4v) is 3.47. The largest absolute Gasteiger partial charge is 0.492 e. The molecular formula is C21H21ClF2N2O3. The van der Waals surface area contributed by atoms with Crippen LogP contribution >= 0.6 is 11.6 Å². The molecule has 154 valence electrons. The highest BCUT2D eigenvalue weighted by molar-refractivity contribution is 6.31. The van der Waals surface area contributed by atoms with E-state index in [4.69, 9.17) is 16.3 Å². The van der Waals surface area contributed by atoms with Gasteiger partial charge in [0.15, 0.2) is 0 Å². The molecule has 0 unspecified atom stereocenters. The second kappa shape index (κ2) is 9.22. The zero-order chi connectivity index (χ0) is 21.0. The lowest BCUT2D eigenvalue weighted by Crippen LogP contribution is -2.41. The maximum atomic E-state index is 13.9. The van der Waals surface area contributed by atoms with Crippen LogP contribution in [-0.2, 0) is 4.79 Å².